The van der Waals surface area contributed by atoms with Gasteiger partial charge in [-0.2, -0.15) is 0 Å². The van der Waals surface area contributed by atoms with Crippen LogP contribution in [-0.4, -0.2) is 9.97 Å². The van der Waals surface area contributed by atoms with Crippen molar-refractivity contribution in [1.82, 2.24) is 9.97 Å². The van der Waals surface area contributed by atoms with E-state index in [1.165, 1.54) is 19.3 Å². The van der Waals surface area contributed by atoms with Crippen molar-refractivity contribution < 1.29 is 4.39 Å². The van der Waals surface area contributed by atoms with Crippen molar-refractivity contribution in [3.05, 3.63) is 30.4 Å². The Morgan fingerprint density at radius 2 is 2.00 bits per heavy atom. The van der Waals surface area contributed by atoms with E-state index in [2.05, 4.69) is 16.5 Å². The monoisotopic (exact) mass is 181 g/mol. The fourth-order valence-corrected chi connectivity index (χ4v) is 0.801. The van der Waals surface area contributed by atoms with Crippen LogP contribution in [0.3, 0.4) is 0 Å². The maximum absolute atomic E-state index is 13.1. The van der Waals surface area contributed by atoms with Crippen LogP contribution in [0.2, 0.25) is 0 Å². The fourth-order valence-electron chi connectivity index (χ4n) is 0.801. The molecule has 3 nitrogen and oxygen atoms in total. The molecule has 0 aromatic carbocycles. The topological polar surface area (TPSA) is 51.8 Å². The molecule has 0 spiro atoms. The molecule has 0 saturated carbocycles. The van der Waals surface area contributed by atoms with Crippen molar-refractivity contribution in [2.45, 2.75) is 19.6 Å². The van der Waals surface area contributed by atoms with E-state index in [0.717, 1.165) is 11.1 Å². The Hall–Kier alpha value is -1.29. The van der Waals surface area contributed by atoms with Crippen molar-refractivity contribution in [1.29, 1.82) is 0 Å². The predicted molar refractivity (Wildman–Crippen MR) is 49.4 cm³/mol. The first-order chi connectivity index (χ1) is 5.91. The molecule has 0 bridgehead atoms. The molecule has 1 aromatic rings. The van der Waals surface area contributed by atoms with Crippen LogP contribution in [0, 0.1) is 0 Å². The summed E-state index contributed by atoms with van der Waals surface area (Å²) in [5.74, 6) is -1.99. The molecule has 0 aliphatic carbocycles. The number of nitrogens with zero attached hydrogens (tertiary/aromatic N) is 2. The standard InChI is InChI=1S/C9H12FN3/c1-6(2)7-4-12-8(13-5-7)9(3,10)11/h4-5H,1,11H2,2-3H3. The minimum atomic E-state index is -1.98. The first-order valence-corrected chi connectivity index (χ1v) is 3.87. The molecular weight excluding hydrogens is 169 g/mol. The lowest BCUT2D eigenvalue weighted by molar-refractivity contribution is 0.188. The van der Waals surface area contributed by atoms with Crippen molar-refractivity contribution >= 4 is 5.57 Å². The molecule has 1 rings (SSSR count). The maximum atomic E-state index is 13.1. The molecule has 1 heterocycles. The van der Waals surface area contributed by atoms with E-state index in [-0.39, 0.29) is 5.82 Å². The van der Waals surface area contributed by atoms with E-state index in [1.807, 2.05) is 6.92 Å². The van der Waals surface area contributed by atoms with Gasteiger partial charge in [0.2, 0.25) is 5.79 Å². The number of halogens is 1. The zero-order chi connectivity index (χ0) is 10.1. The summed E-state index contributed by atoms with van der Waals surface area (Å²) in [4.78, 5) is 7.60. The highest BCUT2D eigenvalue weighted by Crippen LogP contribution is 2.15. The molecule has 2 N–H and O–H groups in total. The van der Waals surface area contributed by atoms with Gasteiger partial charge in [0, 0.05) is 18.0 Å². The van der Waals surface area contributed by atoms with Crippen molar-refractivity contribution in [3.8, 4) is 0 Å². The number of hydrogen-bond acceptors (Lipinski definition) is 3. The van der Waals surface area contributed by atoms with Gasteiger partial charge in [-0.05, 0) is 19.4 Å². The largest absolute Gasteiger partial charge is 0.293 e. The van der Waals surface area contributed by atoms with Crippen LogP contribution in [0.1, 0.15) is 25.2 Å². The summed E-state index contributed by atoms with van der Waals surface area (Å²) in [5, 5.41) is 0. The molecule has 13 heavy (non-hydrogen) atoms. The van der Waals surface area contributed by atoms with Gasteiger partial charge in [0.05, 0.1) is 0 Å². The average Bonchev–Trinajstić information content (AvgIpc) is 2.03. The molecule has 70 valence electrons. The van der Waals surface area contributed by atoms with E-state index in [4.69, 9.17) is 5.73 Å². The first kappa shape index (κ1) is 9.80. The minimum Gasteiger partial charge on any atom is -0.293 e. The molecule has 0 aliphatic heterocycles. The summed E-state index contributed by atoms with van der Waals surface area (Å²) in [6.45, 7) is 6.75. The third-order valence-corrected chi connectivity index (χ3v) is 1.58. The van der Waals surface area contributed by atoms with Gasteiger partial charge in [-0.25, -0.2) is 14.4 Å². The highest BCUT2D eigenvalue weighted by molar-refractivity contribution is 5.59. The number of nitrogens with two attached hydrogens (primary N) is 1. The van der Waals surface area contributed by atoms with Crippen molar-refractivity contribution in [3.63, 3.8) is 0 Å². The van der Waals surface area contributed by atoms with Crippen LogP contribution >= 0.6 is 0 Å². The molecule has 0 radical (unpaired) electrons. The molecule has 1 unspecified atom stereocenters. The zero-order valence-electron chi connectivity index (χ0n) is 7.71. The van der Waals surface area contributed by atoms with Gasteiger partial charge in [-0.1, -0.05) is 6.58 Å². The summed E-state index contributed by atoms with van der Waals surface area (Å²) in [6, 6.07) is 0. The van der Waals surface area contributed by atoms with Crippen LogP contribution in [-0.2, 0) is 5.79 Å². The van der Waals surface area contributed by atoms with Crippen LogP contribution in [0.5, 0.6) is 0 Å². The number of hydrogen-bond donors (Lipinski definition) is 1. The van der Waals surface area contributed by atoms with Gasteiger partial charge >= 0.3 is 0 Å². The normalized spacial score (nSPS) is 15.1. The number of rotatable bonds is 2. The fraction of sp³-hybridized carbons (Fsp3) is 0.333. The number of alkyl halides is 1. The third-order valence-electron chi connectivity index (χ3n) is 1.58. The minimum absolute atomic E-state index is 0.0162. The second-order valence-electron chi connectivity index (χ2n) is 3.15. The van der Waals surface area contributed by atoms with Gasteiger partial charge in [0.15, 0.2) is 5.82 Å². The van der Waals surface area contributed by atoms with Gasteiger partial charge in [0.1, 0.15) is 0 Å². The molecule has 1 aromatic heterocycles. The van der Waals surface area contributed by atoms with Crippen LogP contribution in [0.15, 0.2) is 19.0 Å². The van der Waals surface area contributed by atoms with Crippen molar-refractivity contribution in [2.24, 2.45) is 5.73 Å². The SMILES string of the molecule is C=C(C)c1cnc(C(C)(N)F)nc1. The lowest BCUT2D eigenvalue weighted by atomic mass is 10.2. The summed E-state index contributed by atoms with van der Waals surface area (Å²) < 4.78 is 13.1. The van der Waals surface area contributed by atoms with Crippen LogP contribution in [0.4, 0.5) is 4.39 Å². The Kier molecular flexibility index (Phi) is 2.43. The van der Waals surface area contributed by atoms with E-state index < -0.39 is 5.79 Å². The summed E-state index contributed by atoms with van der Waals surface area (Å²) in [5.41, 5.74) is 6.79. The Labute approximate surface area is 76.5 Å². The quantitative estimate of drug-likeness (QED) is 0.705. The number of allylic oxidation sites excluding steroid dienone is 1. The molecule has 0 saturated heterocycles. The van der Waals surface area contributed by atoms with Gasteiger partial charge < -0.3 is 0 Å². The average molecular weight is 181 g/mol. The predicted octanol–water partition coefficient (Wildman–Crippen LogP) is 1.61. The Morgan fingerprint density at radius 3 is 2.31 bits per heavy atom. The summed E-state index contributed by atoms with van der Waals surface area (Å²) >= 11 is 0. The highest BCUT2D eigenvalue weighted by Gasteiger charge is 2.22. The maximum Gasteiger partial charge on any atom is 0.216 e. The molecule has 4 heteroatoms. The second-order valence-corrected chi connectivity index (χ2v) is 3.15. The van der Waals surface area contributed by atoms with Crippen LogP contribution in [0.25, 0.3) is 5.57 Å². The molecule has 0 fully saturated rings. The van der Waals surface area contributed by atoms with Crippen LogP contribution < -0.4 is 5.73 Å². The van der Waals surface area contributed by atoms with E-state index in [9.17, 15) is 4.39 Å². The van der Waals surface area contributed by atoms with Gasteiger partial charge in [0.25, 0.3) is 0 Å². The smallest absolute Gasteiger partial charge is 0.216 e. The van der Waals surface area contributed by atoms with E-state index in [0.29, 0.717) is 0 Å². The Morgan fingerprint density at radius 1 is 1.54 bits per heavy atom. The number of aromatic nitrogens is 2. The molecule has 0 amide bonds. The summed E-state index contributed by atoms with van der Waals surface area (Å²) in [7, 11) is 0. The Bertz CT molecular complexity index is 311. The zero-order valence-corrected chi connectivity index (χ0v) is 7.71. The van der Waals surface area contributed by atoms with Gasteiger partial charge in [-0.3, -0.25) is 5.73 Å². The Balaban J connectivity index is 3.01. The first-order valence-electron chi connectivity index (χ1n) is 3.87. The highest BCUT2D eigenvalue weighted by atomic mass is 19.1. The molecule has 1 atom stereocenters. The second kappa shape index (κ2) is 3.22. The van der Waals surface area contributed by atoms with Gasteiger partial charge in [-0.15, -0.1) is 0 Å². The summed E-state index contributed by atoms with van der Waals surface area (Å²) in [6.07, 6.45) is 3.02. The van der Waals surface area contributed by atoms with E-state index in [1.54, 1.807) is 0 Å². The molecular formula is C9H12FN3. The molecule has 0 aliphatic rings. The van der Waals surface area contributed by atoms with E-state index >= 15 is 0 Å². The van der Waals surface area contributed by atoms with Crippen molar-refractivity contribution in [2.75, 3.05) is 0 Å². The third kappa shape index (κ3) is 2.32. The lowest BCUT2D eigenvalue weighted by Crippen LogP contribution is -2.29. The lowest BCUT2D eigenvalue weighted by Gasteiger charge is -2.11.